The van der Waals surface area contributed by atoms with Crippen LogP contribution in [-0.2, 0) is 0 Å². The quantitative estimate of drug-likeness (QED) is 0.726. The normalized spacial score (nSPS) is 10.8. The number of nitrogens with zero attached hydrogens (tertiary/aromatic N) is 2. The van der Waals surface area contributed by atoms with Crippen LogP contribution in [0.1, 0.15) is 0 Å². The predicted octanol–water partition coefficient (Wildman–Crippen LogP) is 2.77. The zero-order valence-electron chi connectivity index (χ0n) is 9.88. The lowest BCUT2D eigenvalue weighted by molar-refractivity contribution is 0.248. The van der Waals surface area contributed by atoms with Gasteiger partial charge in [-0.3, -0.25) is 0 Å². The maximum absolute atomic E-state index is 13.0. The van der Waals surface area contributed by atoms with Crippen molar-refractivity contribution in [3.63, 3.8) is 0 Å². The largest absolute Gasteiger partial charge is 0.350 e. The molecule has 5 heteroatoms. The van der Waals surface area contributed by atoms with Crippen molar-refractivity contribution >= 4 is 16.9 Å². The summed E-state index contributed by atoms with van der Waals surface area (Å²) in [5, 5.41) is 5.01. The molecule has 1 aromatic heterocycles. The fraction of sp³-hybridized carbons (Fsp3) is 0. The van der Waals surface area contributed by atoms with Crippen molar-refractivity contribution in [3.05, 3.63) is 54.3 Å². The highest BCUT2D eigenvalue weighted by Gasteiger charge is 2.14. The van der Waals surface area contributed by atoms with Crippen LogP contribution in [0, 0.1) is 5.82 Å². The van der Waals surface area contributed by atoms with Gasteiger partial charge in [0.1, 0.15) is 11.5 Å². The van der Waals surface area contributed by atoms with Crippen molar-refractivity contribution in [2.45, 2.75) is 0 Å². The summed E-state index contributed by atoms with van der Waals surface area (Å²) in [6.45, 7) is 0. The van der Waals surface area contributed by atoms with E-state index in [0.29, 0.717) is 11.2 Å². The second kappa shape index (κ2) is 4.20. The number of aromatic nitrogens is 2. The molecule has 0 unspecified atom stereocenters. The Balaban J connectivity index is 2.29. The summed E-state index contributed by atoms with van der Waals surface area (Å²) in [7, 11) is 0. The monoisotopic (exact) mass is 255 g/mol. The smallest absolute Gasteiger partial charge is 0.340 e. The summed E-state index contributed by atoms with van der Waals surface area (Å²) in [6, 6.07) is 12.6. The number of hydrogen-bond donors (Lipinski definition) is 1. The summed E-state index contributed by atoms with van der Waals surface area (Å²) < 4.78 is 14.1. The molecule has 0 aliphatic rings. The standard InChI is InChI=1S/C14H10FN3O/c15-10-7-5-9(6-8-10)13-11-3-1-2-4-12(11)18(17-13)14(16)19/h1-8H,(H2,16,19). The van der Waals surface area contributed by atoms with Crippen molar-refractivity contribution in [1.29, 1.82) is 0 Å². The van der Waals surface area contributed by atoms with Crippen LogP contribution in [0.2, 0.25) is 0 Å². The van der Waals surface area contributed by atoms with Crippen molar-refractivity contribution in [2.75, 3.05) is 0 Å². The molecule has 0 aliphatic carbocycles. The van der Waals surface area contributed by atoms with Crippen LogP contribution in [0.3, 0.4) is 0 Å². The lowest BCUT2D eigenvalue weighted by atomic mass is 10.1. The van der Waals surface area contributed by atoms with Crippen LogP contribution in [0.15, 0.2) is 48.5 Å². The SMILES string of the molecule is NC(=O)n1nc(-c2ccc(F)cc2)c2ccccc21. The van der Waals surface area contributed by atoms with Gasteiger partial charge in [-0.2, -0.15) is 9.78 Å². The summed E-state index contributed by atoms with van der Waals surface area (Å²) in [6.07, 6.45) is 0. The lowest BCUT2D eigenvalue weighted by Gasteiger charge is -1.97. The Bertz CT molecular complexity index is 762. The number of hydrogen-bond acceptors (Lipinski definition) is 2. The zero-order chi connectivity index (χ0) is 13.4. The number of benzene rings is 2. The Labute approximate surface area is 108 Å². The predicted molar refractivity (Wildman–Crippen MR) is 70.1 cm³/mol. The van der Waals surface area contributed by atoms with E-state index >= 15 is 0 Å². The van der Waals surface area contributed by atoms with E-state index in [9.17, 15) is 9.18 Å². The lowest BCUT2D eigenvalue weighted by Crippen LogP contribution is -2.20. The van der Waals surface area contributed by atoms with Crippen molar-refractivity contribution in [2.24, 2.45) is 5.73 Å². The second-order valence-electron chi connectivity index (χ2n) is 4.12. The van der Waals surface area contributed by atoms with Gasteiger partial charge >= 0.3 is 6.03 Å². The average molecular weight is 255 g/mol. The molecule has 2 N–H and O–H groups in total. The number of nitrogens with two attached hydrogens (primary N) is 1. The minimum Gasteiger partial charge on any atom is -0.350 e. The molecule has 2 aromatic carbocycles. The van der Waals surface area contributed by atoms with Gasteiger partial charge in [0.25, 0.3) is 0 Å². The molecule has 0 atom stereocenters. The summed E-state index contributed by atoms with van der Waals surface area (Å²) in [4.78, 5) is 11.4. The number of halogens is 1. The van der Waals surface area contributed by atoms with Crippen LogP contribution >= 0.6 is 0 Å². The van der Waals surface area contributed by atoms with Gasteiger partial charge in [-0.25, -0.2) is 9.18 Å². The topological polar surface area (TPSA) is 60.9 Å². The highest BCUT2D eigenvalue weighted by Crippen LogP contribution is 2.27. The first-order valence-corrected chi connectivity index (χ1v) is 5.70. The second-order valence-corrected chi connectivity index (χ2v) is 4.12. The summed E-state index contributed by atoms with van der Waals surface area (Å²) in [5.41, 5.74) is 7.27. The maximum atomic E-state index is 13.0. The number of carbonyl (C=O) groups is 1. The molecule has 1 amide bonds. The molecule has 0 radical (unpaired) electrons. The third-order valence-corrected chi connectivity index (χ3v) is 2.91. The van der Waals surface area contributed by atoms with E-state index in [-0.39, 0.29) is 5.82 Å². The number of rotatable bonds is 1. The number of fused-ring (bicyclic) bond motifs is 1. The molecule has 3 rings (SSSR count). The molecule has 0 saturated carbocycles. The Hall–Kier alpha value is -2.69. The molecule has 0 spiro atoms. The van der Waals surface area contributed by atoms with Gasteiger partial charge in [-0.05, 0) is 30.3 Å². The summed E-state index contributed by atoms with van der Waals surface area (Å²) in [5.74, 6) is -0.317. The van der Waals surface area contributed by atoms with E-state index in [4.69, 9.17) is 5.73 Å². The summed E-state index contributed by atoms with van der Waals surface area (Å²) >= 11 is 0. The van der Waals surface area contributed by atoms with Crippen molar-refractivity contribution < 1.29 is 9.18 Å². The Kier molecular flexibility index (Phi) is 2.52. The van der Waals surface area contributed by atoms with Crippen LogP contribution in [-0.4, -0.2) is 15.8 Å². The van der Waals surface area contributed by atoms with Gasteiger partial charge in [0.05, 0.1) is 5.52 Å². The molecule has 0 aliphatic heterocycles. The van der Waals surface area contributed by atoms with E-state index in [0.717, 1.165) is 15.6 Å². The van der Waals surface area contributed by atoms with Crippen LogP contribution in [0.5, 0.6) is 0 Å². The van der Waals surface area contributed by atoms with Crippen molar-refractivity contribution in [3.8, 4) is 11.3 Å². The zero-order valence-corrected chi connectivity index (χ0v) is 9.88. The van der Waals surface area contributed by atoms with Gasteiger partial charge in [0.15, 0.2) is 0 Å². The molecular formula is C14H10FN3O. The minimum atomic E-state index is -0.649. The van der Waals surface area contributed by atoms with Gasteiger partial charge < -0.3 is 5.73 Å². The minimum absolute atomic E-state index is 0.317. The first-order chi connectivity index (χ1) is 9.16. The van der Waals surface area contributed by atoms with Gasteiger partial charge in [-0.1, -0.05) is 18.2 Å². The van der Waals surface area contributed by atoms with E-state index in [1.54, 1.807) is 24.3 Å². The maximum Gasteiger partial charge on any atom is 0.340 e. The fourth-order valence-corrected chi connectivity index (χ4v) is 2.06. The Morgan fingerprint density at radius 2 is 1.79 bits per heavy atom. The number of amides is 1. The number of primary amides is 1. The Morgan fingerprint density at radius 1 is 1.11 bits per heavy atom. The highest BCUT2D eigenvalue weighted by molar-refractivity contribution is 5.98. The molecule has 0 saturated heterocycles. The third kappa shape index (κ3) is 1.85. The average Bonchev–Trinajstić information content (AvgIpc) is 2.79. The van der Waals surface area contributed by atoms with Crippen LogP contribution in [0.25, 0.3) is 22.2 Å². The van der Waals surface area contributed by atoms with Crippen LogP contribution in [0.4, 0.5) is 9.18 Å². The number of para-hydroxylation sites is 1. The van der Waals surface area contributed by atoms with E-state index < -0.39 is 6.03 Å². The molecule has 0 bridgehead atoms. The molecular weight excluding hydrogens is 245 g/mol. The first-order valence-electron chi connectivity index (χ1n) is 5.70. The molecule has 94 valence electrons. The molecule has 3 aromatic rings. The fourth-order valence-electron chi connectivity index (χ4n) is 2.06. The molecule has 1 heterocycles. The van der Waals surface area contributed by atoms with Crippen molar-refractivity contribution in [1.82, 2.24) is 9.78 Å². The Morgan fingerprint density at radius 3 is 2.47 bits per heavy atom. The molecule has 19 heavy (non-hydrogen) atoms. The van der Waals surface area contributed by atoms with Gasteiger partial charge in [0, 0.05) is 10.9 Å². The molecule has 0 fully saturated rings. The third-order valence-electron chi connectivity index (χ3n) is 2.91. The van der Waals surface area contributed by atoms with Gasteiger partial charge in [0.2, 0.25) is 0 Å². The van der Waals surface area contributed by atoms with E-state index in [1.807, 2.05) is 12.1 Å². The van der Waals surface area contributed by atoms with Gasteiger partial charge in [-0.15, -0.1) is 0 Å². The highest BCUT2D eigenvalue weighted by atomic mass is 19.1. The first kappa shape index (κ1) is 11.4. The van der Waals surface area contributed by atoms with E-state index in [1.165, 1.54) is 12.1 Å². The number of carbonyl (C=O) groups excluding carboxylic acids is 1. The molecule has 4 nitrogen and oxygen atoms in total. The van der Waals surface area contributed by atoms with Crippen LogP contribution < -0.4 is 5.73 Å². The van der Waals surface area contributed by atoms with E-state index in [2.05, 4.69) is 5.10 Å².